The highest BCUT2D eigenvalue weighted by molar-refractivity contribution is 5.81. The largest absolute Gasteiger partial charge is 0.491 e. The lowest BCUT2D eigenvalue weighted by Gasteiger charge is -2.31. The molecule has 0 aliphatic heterocycles. The summed E-state index contributed by atoms with van der Waals surface area (Å²) in [6, 6.07) is 14.1. The molecule has 0 aromatic heterocycles. The van der Waals surface area contributed by atoms with E-state index in [0.717, 1.165) is 11.1 Å². The first-order valence-electron chi connectivity index (χ1n) is 15.7. The SMILES string of the molecule is CCOC(=O)[C@H](NCc1ccc(OCCOCCNC(=O)[C@@H](N)C(C)C)cc1)[C@H](O)[C@H](Cc1ccccc1)NC(=O)OC(C)(C)C. The Morgan fingerprint density at radius 3 is 2.22 bits per heavy atom. The van der Waals surface area contributed by atoms with Crippen LogP contribution in [-0.2, 0) is 36.8 Å². The van der Waals surface area contributed by atoms with Gasteiger partial charge in [-0.1, -0.05) is 56.3 Å². The standard InChI is InChI=1S/C34H52N4O8/c1-7-44-32(41)29(30(39)27(21-24-11-9-8-10-12-24)38-33(42)46-34(4,5)6)37-22-25-13-15-26(16-14-25)45-20-19-43-18-17-36-31(40)28(35)23(2)3/h8-16,23,27-30,37,39H,7,17-22,35H2,1-6H3,(H,36,40)(H,38,42)/t27-,28-,29+,30+/m0/s1. The molecule has 2 aromatic carbocycles. The number of nitrogens with two attached hydrogens (primary N) is 1. The summed E-state index contributed by atoms with van der Waals surface area (Å²) >= 11 is 0. The molecule has 0 fully saturated rings. The van der Waals surface area contributed by atoms with Gasteiger partial charge in [0.15, 0.2) is 0 Å². The maximum Gasteiger partial charge on any atom is 0.407 e. The summed E-state index contributed by atoms with van der Waals surface area (Å²) in [5, 5.41) is 20.0. The first kappa shape index (κ1) is 38.5. The third-order valence-electron chi connectivity index (χ3n) is 6.81. The molecule has 6 N–H and O–H groups in total. The molecule has 0 aliphatic rings. The Kier molecular flexibility index (Phi) is 16.5. The maximum absolute atomic E-state index is 13.0. The molecule has 46 heavy (non-hydrogen) atoms. The highest BCUT2D eigenvalue weighted by atomic mass is 16.6. The van der Waals surface area contributed by atoms with Crippen LogP contribution < -0.4 is 26.4 Å². The first-order chi connectivity index (χ1) is 21.8. The van der Waals surface area contributed by atoms with Gasteiger partial charge in [0, 0.05) is 13.1 Å². The molecule has 0 aliphatic carbocycles. The quantitative estimate of drug-likeness (QED) is 0.113. The number of hydrogen-bond donors (Lipinski definition) is 5. The molecule has 256 valence electrons. The molecule has 0 saturated heterocycles. The number of aliphatic hydroxyl groups excluding tert-OH is 1. The molecule has 0 radical (unpaired) electrons. The van der Waals surface area contributed by atoms with Gasteiger partial charge in [0.05, 0.1) is 31.9 Å². The molecule has 0 bridgehead atoms. The van der Waals surface area contributed by atoms with E-state index in [1.54, 1.807) is 39.8 Å². The molecular formula is C34H52N4O8. The van der Waals surface area contributed by atoms with Crippen molar-refractivity contribution >= 4 is 18.0 Å². The van der Waals surface area contributed by atoms with Gasteiger partial charge in [-0.05, 0) is 63.3 Å². The van der Waals surface area contributed by atoms with E-state index in [0.29, 0.717) is 32.1 Å². The predicted molar refractivity (Wildman–Crippen MR) is 175 cm³/mol. The van der Waals surface area contributed by atoms with E-state index in [-0.39, 0.29) is 31.4 Å². The van der Waals surface area contributed by atoms with Gasteiger partial charge in [-0.3, -0.25) is 14.9 Å². The summed E-state index contributed by atoms with van der Waals surface area (Å²) in [7, 11) is 0. The van der Waals surface area contributed by atoms with Crippen LogP contribution in [0.3, 0.4) is 0 Å². The summed E-state index contributed by atoms with van der Waals surface area (Å²) in [6.07, 6.45) is -1.78. The first-order valence-corrected chi connectivity index (χ1v) is 15.7. The van der Waals surface area contributed by atoms with E-state index < -0.39 is 41.9 Å². The Balaban J connectivity index is 1.95. The summed E-state index contributed by atoms with van der Waals surface area (Å²) in [5.41, 5.74) is 6.77. The van der Waals surface area contributed by atoms with Crippen LogP contribution in [0, 0.1) is 5.92 Å². The second-order valence-corrected chi connectivity index (χ2v) is 12.2. The van der Waals surface area contributed by atoms with E-state index in [2.05, 4.69) is 16.0 Å². The zero-order chi connectivity index (χ0) is 34.1. The van der Waals surface area contributed by atoms with E-state index in [1.165, 1.54) is 0 Å². The van der Waals surface area contributed by atoms with E-state index >= 15 is 0 Å². The van der Waals surface area contributed by atoms with Gasteiger partial charge >= 0.3 is 12.1 Å². The Bertz CT molecular complexity index is 1190. The van der Waals surface area contributed by atoms with Gasteiger partial charge in [0.25, 0.3) is 0 Å². The van der Waals surface area contributed by atoms with E-state index in [1.807, 2.05) is 56.3 Å². The third-order valence-corrected chi connectivity index (χ3v) is 6.81. The van der Waals surface area contributed by atoms with Crippen molar-refractivity contribution in [3.8, 4) is 5.75 Å². The van der Waals surface area contributed by atoms with Crippen molar-refractivity contribution in [3.05, 3.63) is 65.7 Å². The third kappa shape index (κ3) is 14.6. The van der Waals surface area contributed by atoms with Crippen LogP contribution in [0.25, 0.3) is 0 Å². The summed E-state index contributed by atoms with van der Waals surface area (Å²) < 4.78 is 21.9. The van der Waals surface area contributed by atoms with Crippen molar-refractivity contribution < 1.29 is 38.4 Å². The van der Waals surface area contributed by atoms with Gasteiger partial charge in [0.1, 0.15) is 30.1 Å². The monoisotopic (exact) mass is 644 g/mol. The average molecular weight is 645 g/mol. The number of rotatable bonds is 19. The van der Waals surface area contributed by atoms with Gasteiger partial charge in [-0.15, -0.1) is 0 Å². The lowest BCUT2D eigenvalue weighted by Crippen LogP contribution is -2.57. The number of carbonyl (C=O) groups excluding carboxylic acids is 3. The Labute approximate surface area is 272 Å². The van der Waals surface area contributed by atoms with Gasteiger partial charge in [-0.2, -0.15) is 0 Å². The molecule has 0 unspecified atom stereocenters. The van der Waals surface area contributed by atoms with Gasteiger partial charge < -0.3 is 40.4 Å². The average Bonchev–Trinajstić information content (AvgIpc) is 3.00. The van der Waals surface area contributed by atoms with E-state index in [4.69, 9.17) is 24.7 Å². The molecular weight excluding hydrogens is 592 g/mol. The number of amides is 2. The van der Waals surface area contributed by atoms with E-state index in [9.17, 15) is 19.5 Å². The number of ether oxygens (including phenoxy) is 4. The minimum absolute atomic E-state index is 0.0625. The lowest BCUT2D eigenvalue weighted by molar-refractivity contribution is -0.149. The van der Waals surface area contributed by atoms with Crippen LogP contribution in [0.5, 0.6) is 5.75 Å². The lowest BCUT2D eigenvalue weighted by atomic mass is 9.96. The van der Waals surface area contributed by atoms with Crippen molar-refractivity contribution in [1.29, 1.82) is 0 Å². The molecule has 2 rings (SSSR count). The van der Waals surface area contributed by atoms with Crippen LogP contribution in [0.15, 0.2) is 54.6 Å². The molecule has 12 heteroatoms. The maximum atomic E-state index is 13.0. The fraction of sp³-hybridized carbons (Fsp3) is 0.559. The molecule has 2 aromatic rings. The number of esters is 1. The van der Waals surface area contributed by atoms with Crippen LogP contribution in [-0.4, -0.2) is 85.9 Å². The number of hydrogen-bond acceptors (Lipinski definition) is 10. The van der Waals surface area contributed by atoms with Crippen LogP contribution >= 0.6 is 0 Å². The smallest absolute Gasteiger partial charge is 0.407 e. The van der Waals surface area contributed by atoms with Crippen LogP contribution in [0.4, 0.5) is 4.79 Å². The Morgan fingerprint density at radius 2 is 1.61 bits per heavy atom. The highest BCUT2D eigenvalue weighted by Crippen LogP contribution is 2.15. The summed E-state index contributed by atoms with van der Waals surface area (Å²) in [6.45, 7) is 12.5. The Hall–Kier alpha value is -3.71. The molecule has 0 saturated carbocycles. The fourth-order valence-corrected chi connectivity index (χ4v) is 4.31. The van der Waals surface area contributed by atoms with Crippen molar-refractivity contribution in [2.24, 2.45) is 11.7 Å². The predicted octanol–water partition coefficient (Wildman–Crippen LogP) is 2.70. The Morgan fingerprint density at radius 1 is 0.935 bits per heavy atom. The van der Waals surface area contributed by atoms with Crippen LogP contribution in [0.2, 0.25) is 0 Å². The summed E-state index contributed by atoms with van der Waals surface area (Å²) in [5.74, 6) is -0.138. The zero-order valence-electron chi connectivity index (χ0n) is 27.9. The fourth-order valence-electron chi connectivity index (χ4n) is 4.31. The molecule has 2 amide bonds. The summed E-state index contributed by atoms with van der Waals surface area (Å²) in [4.78, 5) is 37.5. The van der Waals surface area contributed by atoms with Crippen LogP contribution in [0.1, 0.15) is 52.7 Å². The molecule has 0 spiro atoms. The van der Waals surface area contributed by atoms with Gasteiger partial charge in [-0.25, -0.2) is 4.79 Å². The highest BCUT2D eigenvalue weighted by Gasteiger charge is 2.35. The van der Waals surface area contributed by atoms with Crippen molar-refractivity contribution in [3.63, 3.8) is 0 Å². The molecule has 4 atom stereocenters. The number of alkyl carbamates (subject to hydrolysis) is 1. The normalized spacial score (nSPS) is 14.1. The number of carbonyl (C=O) groups is 3. The zero-order valence-corrected chi connectivity index (χ0v) is 27.9. The second kappa shape index (κ2) is 19.7. The van der Waals surface area contributed by atoms with Gasteiger partial charge in [0.2, 0.25) is 5.91 Å². The topological polar surface area (TPSA) is 170 Å². The number of aliphatic hydroxyl groups is 1. The molecule has 0 heterocycles. The van der Waals surface area contributed by atoms with Crippen molar-refractivity contribution in [2.75, 3.05) is 33.0 Å². The molecule has 12 nitrogen and oxygen atoms in total. The number of benzene rings is 2. The number of nitrogens with one attached hydrogen (secondary N) is 3. The minimum atomic E-state index is -1.34. The second-order valence-electron chi connectivity index (χ2n) is 12.2. The van der Waals surface area contributed by atoms with Crippen molar-refractivity contribution in [1.82, 2.24) is 16.0 Å². The minimum Gasteiger partial charge on any atom is -0.491 e. The van der Waals surface area contributed by atoms with Crippen molar-refractivity contribution in [2.45, 2.75) is 84.3 Å².